The number of halogens is 3. The van der Waals surface area contributed by atoms with Gasteiger partial charge in [-0.3, -0.25) is 4.79 Å². The maximum Gasteiger partial charge on any atom is 0.412 e. The summed E-state index contributed by atoms with van der Waals surface area (Å²) in [7, 11) is -3.99. The predicted octanol–water partition coefficient (Wildman–Crippen LogP) is 4.44. The summed E-state index contributed by atoms with van der Waals surface area (Å²) in [6.07, 6.45) is -1.16. The number of nitrogens with one attached hydrogen (secondary N) is 2. The van der Waals surface area contributed by atoms with Crippen LogP contribution in [0.5, 0.6) is 0 Å². The lowest BCUT2D eigenvalue weighted by Crippen LogP contribution is -2.38. The Morgan fingerprint density at radius 2 is 1.54 bits per heavy atom. The van der Waals surface area contributed by atoms with Crippen molar-refractivity contribution in [3.05, 3.63) is 83.7 Å². The fourth-order valence-electron chi connectivity index (χ4n) is 3.35. The first-order chi connectivity index (χ1) is 16.4. The number of nitrogens with zero attached hydrogens (tertiary/aromatic N) is 2. The van der Waals surface area contributed by atoms with Gasteiger partial charge in [0.05, 0.1) is 11.3 Å². The number of sulfonamides is 1. The molecule has 11 heteroatoms. The third-order valence-electron chi connectivity index (χ3n) is 4.94. The molecule has 3 rings (SSSR count). The van der Waals surface area contributed by atoms with E-state index in [-0.39, 0.29) is 22.8 Å². The number of benzene rings is 2. The minimum atomic E-state index is -4.67. The Bertz CT molecular complexity index is 1230. The minimum Gasteiger partial charge on any atom is -0.341 e. The number of alkyl halides is 3. The lowest BCUT2D eigenvalue weighted by atomic mass is 10.1. The van der Waals surface area contributed by atoms with Gasteiger partial charge < -0.3 is 5.32 Å². The summed E-state index contributed by atoms with van der Waals surface area (Å²) in [6.45, 7) is 4.09. The molecule has 1 aromatic heterocycles. The van der Waals surface area contributed by atoms with Crippen LogP contribution in [0.4, 0.5) is 19.1 Å². The highest BCUT2D eigenvalue weighted by atomic mass is 32.2. The van der Waals surface area contributed by atoms with E-state index in [1.807, 2.05) is 19.2 Å². The van der Waals surface area contributed by atoms with E-state index in [1.165, 1.54) is 48.5 Å². The maximum absolute atomic E-state index is 13.4. The lowest BCUT2D eigenvalue weighted by molar-refractivity contribution is -0.163. The van der Waals surface area contributed by atoms with E-state index < -0.39 is 28.1 Å². The van der Waals surface area contributed by atoms with Gasteiger partial charge >= 0.3 is 6.18 Å². The Labute approximate surface area is 201 Å². The average molecular weight is 507 g/mol. The van der Waals surface area contributed by atoms with Gasteiger partial charge in [-0.15, -0.1) is 0 Å². The van der Waals surface area contributed by atoms with E-state index in [1.54, 1.807) is 18.5 Å². The Morgan fingerprint density at radius 3 is 2.09 bits per heavy atom. The van der Waals surface area contributed by atoms with Crippen LogP contribution in [0.3, 0.4) is 0 Å². The number of hydrogen-bond acceptors (Lipinski definition) is 5. The molecule has 0 aliphatic carbocycles. The number of carbonyl (C=O) groups excluding carboxylic acids is 1. The largest absolute Gasteiger partial charge is 0.412 e. The van der Waals surface area contributed by atoms with Crippen molar-refractivity contribution < 1.29 is 26.4 Å². The van der Waals surface area contributed by atoms with E-state index >= 15 is 0 Å². The summed E-state index contributed by atoms with van der Waals surface area (Å²) in [6, 6.07) is 10.2. The summed E-state index contributed by atoms with van der Waals surface area (Å²) >= 11 is 0. The molecule has 1 heterocycles. The summed E-state index contributed by atoms with van der Waals surface area (Å²) in [5.74, 6) is -0.528. The van der Waals surface area contributed by atoms with Crippen LogP contribution in [0.15, 0.2) is 71.9 Å². The Hall–Kier alpha value is -3.47. The van der Waals surface area contributed by atoms with Crippen molar-refractivity contribution in [2.75, 3.05) is 4.72 Å². The van der Waals surface area contributed by atoms with E-state index in [2.05, 4.69) is 14.7 Å². The first-order valence-electron chi connectivity index (χ1n) is 10.8. The first-order valence-corrected chi connectivity index (χ1v) is 12.3. The van der Waals surface area contributed by atoms with E-state index in [0.717, 1.165) is 12.0 Å². The molecule has 0 radical (unpaired) electrons. The molecule has 1 atom stereocenters. The Balaban J connectivity index is 1.65. The van der Waals surface area contributed by atoms with Gasteiger partial charge in [-0.25, -0.2) is 23.1 Å². The summed E-state index contributed by atoms with van der Waals surface area (Å²) in [5.41, 5.74) is 1.15. The molecule has 2 aromatic carbocycles. The molecule has 3 aromatic rings. The molecule has 0 spiro atoms. The third kappa shape index (κ3) is 7.51. The van der Waals surface area contributed by atoms with Gasteiger partial charge in [-0.1, -0.05) is 56.3 Å². The predicted molar refractivity (Wildman–Crippen MR) is 125 cm³/mol. The number of amides is 1. The van der Waals surface area contributed by atoms with Gasteiger partial charge in [-0.05, 0) is 41.2 Å². The zero-order chi connectivity index (χ0) is 25.6. The quantitative estimate of drug-likeness (QED) is 0.447. The van der Waals surface area contributed by atoms with E-state index in [4.69, 9.17) is 0 Å². The second kappa shape index (κ2) is 10.9. The van der Waals surface area contributed by atoms with Crippen LogP contribution in [-0.2, 0) is 27.7 Å². The molecule has 0 bridgehead atoms. The van der Waals surface area contributed by atoms with Gasteiger partial charge in [-0.2, -0.15) is 13.2 Å². The van der Waals surface area contributed by atoms with Gasteiger partial charge in [0.2, 0.25) is 11.9 Å². The standard InChI is InChI=1S/C24H25F3N4O3S/c1-16(2)12-18-14-28-23(29-15-18)31-35(33,34)20-10-8-17(9-11-20)13-21(32)30-22(24(25,26)27)19-6-4-3-5-7-19/h3-11,14-16,22H,12-13H2,1-2H3,(H,30,32)(H,28,29,31). The molecule has 0 aliphatic rings. The Morgan fingerprint density at radius 1 is 0.943 bits per heavy atom. The highest BCUT2D eigenvalue weighted by Gasteiger charge is 2.41. The summed E-state index contributed by atoms with van der Waals surface area (Å²) < 4.78 is 67.9. The van der Waals surface area contributed by atoms with Crippen LogP contribution in [0.25, 0.3) is 0 Å². The monoisotopic (exact) mass is 506 g/mol. The smallest absolute Gasteiger partial charge is 0.341 e. The number of anilines is 1. The molecule has 0 saturated carbocycles. The normalized spacial score (nSPS) is 12.9. The van der Waals surface area contributed by atoms with Crippen LogP contribution in [0.2, 0.25) is 0 Å². The van der Waals surface area contributed by atoms with Crippen LogP contribution in [-0.4, -0.2) is 30.5 Å². The summed E-state index contributed by atoms with van der Waals surface area (Å²) in [4.78, 5) is 20.3. The van der Waals surface area contributed by atoms with Crippen LogP contribution in [0.1, 0.15) is 36.6 Å². The fourth-order valence-corrected chi connectivity index (χ4v) is 4.30. The number of hydrogen-bond donors (Lipinski definition) is 2. The Kier molecular flexibility index (Phi) is 8.11. The molecular formula is C24H25F3N4O3S. The summed E-state index contributed by atoms with van der Waals surface area (Å²) in [5, 5.41) is 2.00. The van der Waals surface area contributed by atoms with Crippen molar-refractivity contribution in [1.29, 1.82) is 0 Å². The molecule has 0 saturated heterocycles. The zero-order valence-electron chi connectivity index (χ0n) is 19.1. The van der Waals surface area contributed by atoms with Crippen LogP contribution >= 0.6 is 0 Å². The molecule has 2 N–H and O–H groups in total. The number of rotatable bonds is 9. The molecule has 0 fully saturated rings. The molecule has 0 aliphatic heterocycles. The van der Waals surface area contributed by atoms with Crippen molar-refractivity contribution in [1.82, 2.24) is 15.3 Å². The second-order valence-corrected chi connectivity index (χ2v) is 10.1. The zero-order valence-corrected chi connectivity index (χ0v) is 19.9. The van der Waals surface area contributed by atoms with Gasteiger partial charge in [0, 0.05) is 12.4 Å². The second-order valence-electron chi connectivity index (χ2n) is 8.39. The van der Waals surface area contributed by atoms with Crippen molar-refractivity contribution in [2.24, 2.45) is 5.92 Å². The molecule has 1 amide bonds. The minimum absolute atomic E-state index is 0.0830. The van der Waals surface area contributed by atoms with E-state index in [9.17, 15) is 26.4 Å². The highest BCUT2D eigenvalue weighted by molar-refractivity contribution is 7.92. The van der Waals surface area contributed by atoms with Gasteiger partial charge in [0.15, 0.2) is 6.04 Å². The van der Waals surface area contributed by atoms with Crippen molar-refractivity contribution in [2.45, 2.75) is 43.8 Å². The molecular weight excluding hydrogens is 481 g/mol. The van der Waals surface area contributed by atoms with Crippen molar-refractivity contribution >= 4 is 21.9 Å². The maximum atomic E-state index is 13.4. The van der Waals surface area contributed by atoms with Crippen molar-refractivity contribution in [3.63, 3.8) is 0 Å². The fraction of sp³-hybridized carbons (Fsp3) is 0.292. The highest BCUT2D eigenvalue weighted by Crippen LogP contribution is 2.32. The SMILES string of the molecule is CC(C)Cc1cnc(NS(=O)(=O)c2ccc(CC(=O)NC(c3ccccc3)C(F)(F)F)cc2)nc1. The first kappa shape index (κ1) is 26.1. The van der Waals surface area contributed by atoms with Crippen LogP contribution in [0, 0.1) is 5.92 Å². The number of carbonyl (C=O) groups is 1. The molecule has 7 nitrogen and oxygen atoms in total. The average Bonchev–Trinajstić information content (AvgIpc) is 2.78. The van der Waals surface area contributed by atoms with Gasteiger partial charge in [0.25, 0.3) is 10.0 Å². The van der Waals surface area contributed by atoms with Crippen molar-refractivity contribution in [3.8, 4) is 0 Å². The topological polar surface area (TPSA) is 101 Å². The molecule has 35 heavy (non-hydrogen) atoms. The molecule has 1 unspecified atom stereocenters. The lowest BCUT2D eigenvalue weighted by Gasteiger charge is -2.22. The van der Waals surface area contributed by atoms with E-state index in [0.29, 0.717) is 11.5 Å². The molecule has 186 valence electrons. The number of aromatic nitrogens is 2. The van der Waals surface area contributed by atoms with Gasteiger partial charge in [0.1, 0.15) is 0 Å². The van der Waals surface area contributed by atoms with Crippen LogP contribution < -0.4 is 10.0 Å². The third-order valence-corrected chi connectivity index (χ3v) is 6.28.